The van der Waals surface area contributed by atoms with Crippen LogP contribution in [0.4, 0.5) is 29.3 Å². The fourth-order valence-corrected chi connectivity index (χ4v) is 4.63. The van der Waals surface area contributed by atoms with Crippen LogP contribution in [0.1, 0.15) is 16.7 Å². The molecule has 0 saturated carbocycles. The number of thioether (sulfide) groups is 1. The van der Waals surface area contributed by atoms with E-state index in [4.69, 9.17) is 16.3 Å². The van der Waals surface area contributed by atoms with E-state index in [-0.39, 0.29) is 33.7 Å². The topological polar surface area (TPSA) is 119 Å². The van der Waals surface area contributed by atoms with Gasteiger partial charge in [-0.2, -0.15) is 13.2 Å². The Kier molecular flexibility index (Phi) is 8.45. The smallest absolute Gasteiger partial charge is 0.416 e. The van der Waals surface area contributed by atoms with Gasteiger partial charge in [-0.05, 0) is 59.3 Å². The van der Waals surface area contributed by atoms with Crippen LogP contribution in [0, 0.1) is 10.1 Å². The lowest BCUT2D eigenvalue weighted by atomic mass is 10.2. The van der Waals surface area contributed by atoms with Gasteiger partial charge in [-0.15, -0.1) is 0 Å². The van der Waals surface area contributed by atoms with Crippen molar-refractivity contribution in [1.29, 1.82) is 0 Å². The number of carbonyl (C=O) groups excluding carboxylic acids is 3. The van der Waals surface area contributed by atoms with Crippen molar-refractivity contribution in [2.45, 2.75) is 12.8 Å². The lowest BCUT2D eigenvalue weighted by Crippen LogP contribution is -2.36. The summed E-state index contributed by atoms with van der Waals surface area (Å²) >= 11 is 6.88. The van der Waals surface area contributed by atoms with Gasteiger partial charge in [0.15, 0.2) is 0 Å². The normalized spacial score (nSPS) is 14.5. The second kappa shape index (κ2) is 11.8. The highest BCUT2D eigenvalue weighted by atomic mass is 35.5. The first-order valence-corrected chi connectivity index (χ1v) is 12.5. The van der Waals surface area contributed by atoms with Crippen molar-refractivity contribution in [3.8, 4) is 5.75 Å². The lowest BCUT2D eigenvalue weighted by molar-refractivity contribution is -0.384. The molecule has 0 atom stereocenters. The first-order chi connectivity index (χ1) is 18.9. The van der Waals surface area contributed by atoms with Gasteiger partial charge in [0.25, 0.3) is 16.8 Å². The molecule has 3 amide bonds. The van der Waals surface area contributed by atoms with Crippen molar-refractivity contribution in [3.63, 3.8) is 0 Å². The summed E-state index contributed by atoms with van der Waals surface area (Å²) < 4.78 is 44.3. The van der Waals surface area contributed by atoms with Gasteiger partial charge in [-0.3, -0.25) is 29.4 Å². The third kappa shape index (κ3) is 6.98. The average molecular weight is 592 g/mol. The monoisotopic (exact) mass is 591 g/mol. The van der Waals surface area contributed by atoms with Crippen LogP contribution >= 0.6 is 23.4 Å². The highest BCUT2D eigenvalue weighted by Crippen LogP contribution is 2.34. The number of nitro groups is 1. The molecule has 206 valence electrons. The van der Waals surface area contributed by atoms with Crippen LogP contribution in [-0.4, -0.2) is 33.4 Å². The molecule has 1 fully saturated rings. The van der Waals surface area contributed by atoms with Gasteiger partial charge in [-0.1, -0.05) is 35.9 Å². The number of benzene rings is 3. The highest BCUT2D eigenvalue weighted by Gasteiger charge is 2.36. The quantitative estimate of drug-likeness (QED) is 0.180. The summed E-state index contributed by atoms with van der Waals surface area (Å²) in [4.78, 5) is 48.6. The van der Waals surface area contributed by atoms with Gasteiger partial charge < -0.3 is 10.1 Å². The standard InChI is InChI=1S/C26H17ClF3N3O6S/c27-20-10-15(7-8-21(20)39-14-16-3-1-6-19(9-16)33(37)38)11-22-24(35)32(25(36)40-22)13-23(34)31-18-5-2-4-17(12-18)26(28,29)30/h1-12H,13-14H2,(H,31,34)/b22-11-. The van der Waals surface area contributed by atoms with Crippen molar-refractivity contribution < 1.29 is 37.2 Å². The maximum absolute atomic E-state index is 12.9. The van der Waals surface area contributed by atoms with Gasteiger partial charge in [0.1, 0.15) is 18.9 Å². The SMILES string of the molecule is O=C(CN1C(=O)S/C(=C\c2ccc(OCc3cccc([N+](=O)[O-])c3)c(Cl)c2)C1=O)Nc1cccc(C(F)(F)F)c1. The first kappa shape index (κ1) is 28.6. The van der Waals surface area contributed by atoms with Crippen LogP contribution in [-0.2, 0) is 22.4 Å². The van der Waals surface area contributed by atoms with E-state index in [2.05, 4.69) is 5.32 Å². The maximum Gasteiger partial charge on any atom is 0.416 e. The van der Waals surface area contributed by atoms with Gasteiger partial charge in [0, 0.05) is 17.8 Å². The highest BCUT2D eigenvalue weighted by molar-refractivity contribution is 8.18. The zero-order valence-electron chi connectivity index (χ0n) is 20.1. The van der Waals surface area contributed by atoms with Crippen molar-refractivity contribution in [2.75, 3.05) is 11.9 Å². The molecule has 0 bridgehead atoms. The number of alkyl halides is 3. The van der Waals surface area contributed by atoms with E-state index in [1.54, 1.807) is 12.1 Å². The van der Waals surface area contributed by atoms with E-state index >= 15 is 0 Å². The Morgan fingerprint density at radius 2 is 1.85 bits per heavy atom. The number of non-ortho nitro benzene ring substituents is 1. The Labute approximate surface area is 233 Å². The van der Waals surface area contributed by atoms with Crippen LogP contribution in [0.25, 0.3) is 6.08 Å². The summed E-state index contributed by atoms with van der Waals surface area (Å²) in [5.74, 6) is -1.32. The second-order valence-corrected chi connectivity index (χ2v) is 9.70. The number of imide groups is 1. The minimum atomic E-state index is -4.60. The molecule has 14 heteroatoms. The summed E-state index contributed by atoms with van der Waals surface area (Å²) in [5, 5.41) is 12.6. The number of hydrogen-bond donors (Lipinski definition) is 1. The molecular weight excluding hydrogens is 575 g/mol. The van der Waals surface area contributed by atoms with E-state index in [1.807, 2.05) is 0 Å². The van der Waals surface area contributed by atoms with Crippen LogP contribution in [0.5, 0.6) is 5.75 Å². The van der Waals surface area contributed by atoms with E-state index in [1.165, 1.54) is 42.5 Å². The Morgan fingerprint density at radius 3 is 2.55 bits per heavy atom. The molecule has 0 unspecified atom stereocenters. The van der Waals surface area contributed by atoms with Crippen LogP contribution in [0.2, 0.25) is 5.02 Å². The molecule has 3 aromatic rings. The van der Waals surface area contributed by atoms with Crippen molar-refractivity contribution in [3.05, 3.63) is 103 Å². The number of anilines is 1. The number of nitrogens with one attached hydrogen (secondary N) is 1. The Bertz CT molecular complexity index is 1550. The van der Waals surface area contributed by atoms with Crippen molar-refractivity contribution >= 4 is 57.9 Å². The van der Waals surface area contributed by atoms with Gasteiger partial charge in [0.2, 0.25) is 5.91 Å². The summed E-state index contributed by atoms with van der Waals surface area (Å²) in [5.41, 5.74) is -0.167. The Morgan fingerprint density at radius 1 is 1.10 bits per heavy atom. The van der Waals surface area contributed by atoms with E-state index in [0.717, 1.165) is 18.2 Å². The molecule has 40 heavy (non-hydrogen) atoms. The fourth-order valence-electron chi connectivity index (χ4n) is 3.55. The third-order valence-corrected chi connectivity index (χ3v) is 6.62. The largest absolute Gasteiger partial charge is 0.487 e. The molecule has 4 rings (SSSR count). The van der Waals surface area contributed by atoms with Crippen molar-refractivity contribution in [1.82, 2.24) is 4.90 Å². The third-order valence-electron chi connectivity index (χ3n) is 5.42. The van der Waals surface area contributed by atoms with E-state index in [9.17, 15) is 37.7 Å². The number of ether oxygens (including phenoxy) is 1. The molecule has 1 aliphatic rings. The molecule has 0 aromatic heterocycles. The van der Waals surface area contributed by atoms with Gasteiger partial charge >= 0.3 is 6.18 Å². The molecule has 1 aliphatic heterocycles. The first-order valence-electron chi connectivity index (χ1n) is 11.3. The number of halogens is 4. The minimum Gasteiger partial charge on any atom is -0.487 e. The molecule has 9 nitrogen and oxygen atoms in total. The van der Waals surface area contributed by atoms with Crippen molar-refractivity contribution in [2.24, 2.45) is 0 Å². The number of nitrogens with zero attached hydrogens (tertiary/aromatic N) is 2. The van der Waals surface area contributed by atoms with Crippen LogP contribution in [0.15, 0.2) is 71.6 Å². The summed E-state index contributed by atoms with van der Waals surface area (Å²) in [6.45, 7) is -0.675. The lowest BCUT2D eigenvalue weighted by Gasteiger charge is -2.13. The van der Waals surface area contributed by atoms with Crippen LogP contribution in [0.3, 0.4) is 0 Å². The van der Waals surface area contributed by atoms with E-state index < -0.39 is 40.3 Å². The average Bonchev–Trinajstić information content (AvgIpc) is 3.15. The second-order valence-electron chi connectivity index (χ2n) is 8.30. The number of nitro benzene ring substituents is 1. The summed E-state index contributed by atoms with van der Waals surface area (Å²) in [6.07, 6.45) is -3.21. The molecule has 3 aromatic carbocycles. The zero-order chi connectivity index (χ0) is 29.0. The number of carbonyl (C=O) groups is 3. The molecule has 1 heterocycles. The molecule has 0 aliphatic carbocycles. The number of amides is 3. The zero-order valence-corrected chi connectivity index (χ0v) is 21.7. The van der Waals surface area contributed by atoms with Gasteiger partial charge in [-0.25, -0.2) is 0 Å². The number of hydrogen-bond acceptors (Lipinski definition) is 7. The predicted molar refractivity (Wildman–Crippen MR) is 142 cm³/mol. The molecule has 1 saturated heterocycles. The number of rotatable bonds is 8. The minimum absolute atomic E-state index is 0.0122. The molecular formula is C26H17ClF3N3O6S. The Hall–Kier alpha value is -4.36. The fraction of sp³-hybridized carbons (Fsp3) is 0.115. The van der Waals surface area contributed by atoms with Crippen LogP contribution < -0.4 is 10.1 Å². The summed E-state index contributed by atoms with van der Waals surface area (Å²) in [6, 6.07) is 14.5. The van der Waals surface area contributed by atoms with Gasteiger partial charge in [0.05, 0.1) is 20.4 Å². The Balaban J connectivity index is 1.39. The summed E-state index contributed by atoms with van der Waals surface area (Å²) in [7, 11) is 0. The molecule has 0 spiro atoms. The predicted octanol–water partition coefficient (Wildman–Crippen LogP) is 6.52. The maximum atomic E-state index is 12.9. The molecule has 1 N–H and O–H groups in total. The van der Waals surface area contributed by atoms with E-state index in [0.29, 0.717) is 27.8 Å². The molecule has 0 radical (unpaired) electrons.